The fourth-order valence-electron chi connectivity index (χ4n) is 2.16. The van der Waals surface area contributed by atoms with E-state index < -0.39 is 0 Å². The zero-order valence-electron chi connectivity index (χ0n) is 10.5. The first-order valence-electron chi connectivity index (χ1n) is 6.07. The van der Waals surface area contributed by atoms with Gasteiger partial charge in [0.05, 0.1) is 0 Å². The molecule has 0 amide bonds. The van der Waals surface area contributed by atoms with Gasteiger partial charge in [-0.15, -0.1) is 0 Å². The van der Waals surface area contributed by atoms with Gasteiger partial charge in [-0.05, 0) is 12.3 Å². The second kappa shape index (κ2) is 4.29. The summed E-state index contributed by atoms with van der Waals surface area (Å²) in [4.78, 5) is 8.59. The van der Waals surface area contributed by atoms with Crippen molar-refractivity contribution in [1.29, 1.82) is 0 Å². The monoisotopic (exact) mass is 244 g/mol. The van der Waals surface area contributed by atoms with E-state index in [9.17, 15) is 0 Å². The highest BCUT2D eigenvalue weighted by Gasteiger charge is 2.19. The van der Waals surface area contributed by atoms with Crippen LogP contribution in [0.2, 0.25) is 0 Å². The molecule has 6 nitrogen and oxygen atoms in total. The van der Waals surface area contributed by atoms with Crippen molar-refractivity contribution in [2.45, 2.75) is 13.3 Å². The van der Waals surface area contributed by atoms with Crippen LogP contribution in [0.4, 0.5) is 17.5 Å². The van der Waals surface area contributed by atoms with E-state index in [0.29, 0.717) is 5.92 Å². The number of hydrogen-bond donors (Lipinski definition) is 2. The van der Waals surface area contributed by atoms with Gasteiger partial charge in [0, 0.05) is 31.4 Å². The Bertz CT molecular complexity index is 561. The second-order valence-corrected chi connectivity index (χ2v) is 4.74. The number of nitrogens with zero attached hydrogens (tertiary/aromatic N) is 4. The van der Waals surface area contributed by atoms with Gasteiger partial charge in [-0.2, -0.15) is 5.10 Å². The van der Waals surface area contributed by atoms with Crippen LogP contribution in [0, 0.1) is 5.92 Å². The van der Waals surface area contributed by atoms with Crippen molar-refractivity contribution in [2.24, 2.45) is 13.0 Å². The van der Waals surface area contributed by atoms with Gasteiger partial charge in [-0.3, -0.25) is 4.68 Å². The van der Waals surface area contributed by atoms with Crippen LogP contribution in [0.3, 0.4) is 0 Å². The van der Waals surface area contributed by atoms with Gasteiger partial charge < -0.3 is 10.6 Å². The molecule has 0 saturated heterocycles. The number of anilines is 3. The smallest absolute Gasteiger partial charge is 0.153 e. The summed E-state index contributed by atoms with van der Waals surface area (Å²) in [5, 5.41) is 10.9. The van der Waals surface area contributed by atoms with Crippen molar-refractivity contribution in [2.75, 3.05) is 17.2 Å². The summed E-state index contributed by atoms with van der Waals surface area (Å²) in [6.07, 6.45) is 4.46. The van der Waals surface area contributed by atoms with Crippen LogP contribution < -0.4 is 10.6 Å². The largest absolute Gasteiger partial charge is 0.369 e. The average molecular weight is 244 g/mol. The Morgan fingerprint density at radius 2 is 2.33 bits per heavy atom. The highest BCUT2D eigenvalue weighted by molar-refractivity contribution is 5.63. The lowest BCUT2D eigenvalue weighted by Gasteiger charge is -2.23. The molecule has 1 aliphatic heterocycles. The Morgan fingerprint density at radius 3 is 3.11 bits per heavy atom. The molecule has 1 atom stereocenters. The van der Waals surface area contributed by atoms with Crippen molar-refractivity contribution in [3.63, 3.8) is 0 Å². The molecule has 0 spiro atoms. The minimum Gasteiger partial charge on any atom is -0.369 e. The molecule has 0 fully saturated rings. The molecule has 3 rings (SSSR count). The van der Waals surface area contributed by atoms with E-state index in [-0.39, 0.29) is 0 Å². The van der Waals surface area contributed by atoms with Crippen molar-refractivity contribution in [3.8, 4) is 0 Å². The van der Waals surface area contributed by atoms with E-state index in [1.807, 2.05) is 19.3 Å². The van der Waals surface area contributed by atoms with Crippen molar-refractivity contribution in [1.82, 2.24) is 19.7 Å². The number of hydrogen-bond acceptors (Lipinski definition) is 5. The summed E-state index contributed by atoms with van der Waals surface area (Å²) >= 11 is 0. The SMILES string of the molecule is C[C@H]1CNc2ncnc(Nc3ccn(C)n3)c2C1. The third kappa shape index (κ3) is 2.01. The maximum Gasteiger partial charge on any atom is 0.153 e. The fraction of sp³-hybridized carbons (Fsp3) is 0.417. The first kappa shape index (κ1) is 11.0. The zero-order chi connectivity index (χ0) is 12.5. The van der Waals surface area contributed by atoms with E-state index >= 15 is 0 Å². The Labute approximate surface area is 105 Å². The summed E-state index contributed by atoms with van der Waals surface area (Å²) in [6, 6.07) is 1.92. The maximum atomic E-state index is 4.32. The normalized spacial score (nSPS) is 18.0. The van der Waals surface area contributed by atoms with Gasteiger partial charge in [-0.1, -0.05) is 6.92 Å². The predicted molar refractivity (Wildman–Crippen MR) is 69.9 cm³/mol. The van der Waals surface area contributed by atoms with Crippen molar-refractivity contribution < 1.29 is 0 Å². The zero-order valence-corrected chi connectivity index (χ0v) is 10.5. The molecule has 0 unspecified atom stereocenters. The van der Waals surface area contributed by atoms with Gasteiger partial charge in [0.25, 0.3) is 0 Å². The van der Waals surface area contributed by atoms with Gasteiger partial charge in [0.15, 0.2) is 5.82 Å². The van der Waals surface area contributed by atoms with Crippen LogP contribution in [-0.2, 0) is 13.5 Å². The summed E-state index contributed by atoms with van der Waals surface area (Å²) in [5.74, 6) is 3.17. The molecule has 2 N–H and O–H groups in total. The summed E-state index contributed by atoms with van der Waals surface area (Å²) in [5.41, 5.74) is 1.14. The number of fused-ring (bicyclic) bond motifs is 1. The average Bonchev–Trinajstić information content (AvgIpc) is 2.76. The molecule has 2 aromatic heterocycles. The van der Waals surface area contributed by atoms with Crippen molar-refractivity contribution >= 4 is 17.5 Å². The lowest BCUT2D eigenvalue weighted by atomic mass is 9.98. The molecule has 3 heterocycles. The summed E-state index contributed by atoms with van der Waals surface area (Å²) in [6.45, 7) is 3.18. The Balaban J connectivity index is 1.92. The number of aryl methyl sites for hydroxylation is 1. The van der Waals surface area contributed by atoms with Crippen molar-refractivity contribution in [3.05, 3.63) is 24.2 Å². The molecule has 2 aromatic rings. The molecule has 1 aliphatic rings. The third-order valence-corrected chi connectivity index (χ3v) is 3.08. The predicted octanol–water partition coefficient (Wildman–Crippen LogP) is 1.56. The van der Waals surface area contributed by atoms with Crippen LogP contribution >= 0.6 is 0 Å². The summed E-state index contributed by atoms with van der Waals surface area (Å²) in [7, 11) is 1.89. The van der Waals surface area contributed by atoms with Crippen LogP contribution in [0.5, 0.6) is 0 Å². The minimum absolute atomic E-state index is 0.591. The minimum atomic E-state index is 0.591. The molecule has 94 valence electrons. The van der Waals surface area contributed by atoms with Gasteiger partial charge >= 0.3 is 0 Å². The Kier molecular flexibility index (Phi) is 2.62. The first-order valence-corrected chi connectivity index (χ1v) is 6.07. The van der Waals surface area contributed by atoms with Crippen LogP contribution in [0.15, 0.2) is 18.6 Å². The highest BCUT2D eigenvalue weighted by Crippen LogP contribution is 2.28. The molecule has 0 saturated carbocycles. The van der Waals surface area contributed by atoms with E-state index in [1.165, 1.54) is 0 Å². The molecule has 0 radical (unpaired) electrons. The second-order valence-electron chi connectivity index (χ2n) is 4.74. The van der Waals surface area contributed by atoms with Crippen LogP contribution in [-0.4, -0.2) is 26.3 Å². The van der Waals surface area contributed by atoms with E-state index in [2.05, 4.69) is 32.6 Å². The molecule has 0 bridgehead atoms. The molecule has 18 heavy (non-hydrogen) atoms. The van der Waals surface area contributed by atoms with E-state index in [1.54, 1.807) is 11.0 Å². The number of aromatic nitrogens is 4. The Hall–Kier alpha value is -2.11. The topological polar surface area (TPSA) is 67.7 Å². The maximum absolute atomic E-state index is 4.32. The lowest BCUT2D eigenvalue weighted by molar-refractivity contribution is 0.590. The van der Waals surface area contributed by atoms with E-state index in [0.717, 1.165) is 36.0 Å². The van der Waals surface area contributed by atoms with Crippen LogP contribution in [0.1, 0.15) is 12.5 Å². The molecule has 0 aromatic carbocycles. The fourth-order valence-corrected chi connectivity index (χ4v) is 2.16. The number of rotatable bonds is 2. The molecule has 0 aliphatic carbocycles. The lowest BCUT2D eigenvalue weighted by Crippen LogP contribution is -2.23. The summed E-state index contributed by atoms with van der Waals surface area (Å²) < 4.78 is 1.76. The van der Waals surface area contributed by atoms with Gasteiger partial charge in [-0.25, -0.2) is 9.97 Å². The van der Waals surface area contributed by atoms with Gasteiger partial charge in [0.1, 0.15) is 18.0 Å². The Morgan fingerprint density at radius 1 is 1.44 bits per heavy atom. The quantitative estimate of drug-likeness (QED) is 0.839. The van der Waals surface area contributed by atoms with E-state index in [4.69, 9.17) is 0 Å². The van der Waals surface area contributed by atoms with Gasteiger partial charge in [0.2, 0.25) is 0 Å². The molecular formula is C12H16N6. The standard InChI is InChI=1S/C12H16N6/c1-8-5-9-11(13-6-8)14-7-15-12(9)16-10-3-4-18(2)17-10/h3-4,7-8H,5-6H2,1-2H3,(H2,13,14,15,16,17)/t8-/m1/s1. The highest BCUT2D eigenvalue weighted by atomic mass is 15.3. The molecule has 6 heteroatoms. The first-order chi connectivity index (χ1) is 8.72. The third-order valence-electron chi connectivity index (χ3n) is 3.08. The number of nitrogens with one attached hydrogen (secondary N) is 2. The molecular weight excluding hydrogens is 228 g/mol. The van der Waals surface area contributed by atoms with Crippen LogP contribution in [0.25, 0.3) is 0 Å².